The first kappa shape index (κ1) is 21.0. The summed E-state index contributed by atoms with van der Waals surface area (Å²) in [5.74, 6) is 0.824. The molecule has 6 nitrogen and oxygen atoms in total. The van der Waals surface area contributed by atoms with Crippen molar-refractivity contribution in [1.82, 2.24) is 5.32 Å². The first-order chi connectivity index (χ1) is 12.3. The number of nitrogens with two attached hydrogens (primary N) is 1. The Morgan fingerprint density at radius 3 is 2.62 bits per heavy atom. The molecule has 0 aliphatic carbocycles. The fourth-order valence-electron chi connectivity index (χ4n) is 2.56. The first-order valence-corrected chi connectivity index (χ1v) is 8.38. The Labute approximate surface area is 154 Å². The van der Waals surface area contributed by atoms with E-state index in [2.05, 4.69) is 17.8 Å². The number of rotatable bonds is 10. The van der Waals surface area contributed by atoms with Gasteiger partial charge in [0.25, 0.3) is 0 Å². The van der Waals surface area contributed by atoms with Crippen LogP contribution in [0.25, 0.3) is 0 Å². The number of nitrogens with one attached hydrogen (secondary N) is 2. The molecule has 5 N–H and O–H groups in total. The Hall–Kier alpha value is -3.07. The predicted molar refractivity (Wildman–Crippen MR) is 102 cm³/mol. The molecular formula is C20H25N3O3. The zero-order valence-electron chi connectivity index (χ0n) is 14.9. The number of ketones is 1. The van der Waals surface area contributed by atoms with E-state index in [0.717, 1.165) is 0 Å². The van der Waals surface area contributed by atoms with E-state index in [1.165, 1.54) is 6.07 Å². The number of terminal acetylenes is 1. The van der Waals surface area contributed by atoms with Crippen LogP contribution in [0.5, 0.6) is 5.75 Å². The molecule has 0 aliphatic rings. The molecule has 0 saturated carbocycles. The van der Waals surface area contributed by atoms with Crippen molar-refractivity contribution in [2.75, 3.05) is 0 Å². The minimum atomic E-state index is -0.733. The first-order valence-electron chi connectivity index (χ1n) is 8.38. The van der Waals surface area contributed by atoms with E-state index in [1.54, 1.807) is 18.2 Å². The van der Waals surface area contributed by atoms with Crippen LogP contribution in [0.15, 0.2) is 36.4 Å². The number of aromatic hydroxyl groups is 1. The van der Waals surface area contributed by atoms with Gasteiger partial charge >= 0.3 is 0 Å². The number of amidine groups is 1. The molecule has 0 radical (unpaired) electrons. The van der Waals surface area contributed by atoms with Crippen LogP contribution in [0, 0.1) is 23.7 Å². The number of hydrogen-bond donors (Lipinski definition) is 4. The van der Waals surface area contributed by atoms with Crippen LogP contribution in [0.2, 0.25) is 0 Å². The third-order valence-corrected chi connectivity index (χ3v) is 3.99. The van der Waals surface area contributed by atoms with Crippen LogP contribution in [0.1, 0.15) is 44.2 Å². The highest BCUT2D eigenvalue weighted by atomic mass is 16.3. The fraction of sp³-hybridized carbons (Fsp3) is 0.350. The van der Waals surface area contributed by atoms with Gasteiger partial charge in [-0.3, -0.25) is 15.0 Å². The van der Waals surface area contributed by atoms with E-state index in [9.17, 15) is 14.7 Å². The van der Waals surface area contributed by atoms with E-state index in [-0.39, 0.29) is 41.7 Å². The lowest BCUT2D eigenvalue weighted by Crippen LogP contribution is -2.32. The van der Waals surface area contributed by atoms with E-state index < -0.39 is 12.0 Å². The molecule has 0 aromatic heterocycles. The molecule has 0 saturated heterocycles. The zero-order chi connectivity index (χ0) is 19.7. The molecule has 0 bridgehead atoms. The van der Waals surface area contributed by atoms with Crippen LogP contribution in [-0.4, -0.2) is 22.6 Å². The lowest BCUT2D eigenvalue weighted by molar-refractivity contribution is -0.122. The number of carbonyl (C=O) groups is 2. The number of hydrogen-bond acceptors (Lipinski definition) is 4. The van der Waals surface area contributed by atoms with Gasteiger partial charge in [-0.2, -0.15) is 0 Å². The summed E-state index contributed by atoms with van der Waals surface area (Å²) in [6.07, 6.45) is 6.23. The highest BCUT2D eigenvalue weighted by Gasteiger charge is 2.26. The summed E-state index contributed by atoms with van der Waals surface area (Å²) in [4.78, 5) is 24.7. The lowest BCUT2D eigenvalue weighted by Gasteiger charge is -2.22. The van der Waals surface area contributed by atoms with Crippen molar-refractivity contribution in [1.29, 1.82) is 5.41 Å². The number of benzene rings is 1. The fourth-order valence-corrected chi connectivity index (χ4v) is 2.56. The molecule has 0 aliphatic heterocycles. The quantitative estimate of drug-likeness (QED) is 0.223. The summed E-state index contributed by atoms with van der Waals surface area (Å²) in [7, 11) is 0. The third-order valence-electron chi connectivity index (χ3n) is 3.99. The SMILES string of the molecule is C#CCC(C(=C)C(=O)CC(NC(=O)CCC)c1ccccc1O)C(=N)N. The number of Topliss-reactive ketones (excluding diaryl/α,β-unsaturated/α-hetero) is 1. The molecular weight excluding hydrogens is 330 g/mol. The minimum Gasteiger partial charge on any atom is -0.508 e. The summed E-state index contributed by atoms with van der Waals surface area (Å²) in [5.41, 5.74) is 6.08. The van der Waals surface area contributed by atoms with Crippen LogP contribution >= 0.6 is 0 Å². The number of amides is 1. The van der Waals surface area contributed by atoms with Crippen molar-refractivity contribution in [3.05, 3.63) is 42.0 Å². The summed E-state index contributed by atoms with van der Waals surface area (Å²) >= 11 is 0. The second-order valence-electron chi connectivity index (χ2n) is 6.00. The van der Waals surface area contributed by atoms with Crippen molar-refractivity contribution >= 4 is 17.5 Å². The van der Waals surface area contributed by atoms with Gasteiger partial charge in [0.05, 0.1) is 17.8 Å². The van der Waals surface area contributed by atoms with Crippen LogP contribution in [-0.2, 0) is 9.59 Å². The van der Waals surface area contributed by atoms with Gasteiger partial charge in [0, 0.05) is 24.8 Å². The maximum atomic E-state index is 12.6. The highest BCUT2D eigenvalue weighted by Crippen LogP contribution is 2.28. The van der Waals surface area contributed by atoms with Gasteiger partial charge < -0.3 is 16.2 Å². The van der Waals surface area contributed by atoms with Gasteiger partial charge in [-0.15, -0.1) is 12.3 Å². The van der Waals surface area contributed by atoms with E-state index in [1.807, 2.05) is 6.92 Å². The van der Waals surface area contributed by atoms with Gasteiger partial charge in [0.1, 0.15) is 5.75 Å². The molecule has 1 rings (SSSR count). The maximum Gasteiger partial charge on any atom is 0.220 e. The Morgan fingerprint density at radius 1 is 1.42 bits per heavy atom. The maximum absolute atomic E-state index is 12.6. The molecule has 1 amide bonds. The second-order valence-corrected chi connectivity index (χ2v) is 6.00. The highest BCUT2D eigenvalue weighted by molar-refractivity contribution is 6.01. The molecule has 0 spiro atoms. The minimum absolute atomic E-state index is 0.0144. The lowest BCUT2D eigenvalue weighted by atomic mass is 9.88. The van der Waals surface area contributed by atoms with Crippen molar-refractivity contribution < 1.29 is 14.7 Å². The monoisotopic (exact) mass is 355 g/mol. The summed E-state index contributed by atoms with van der Waals surface area (Å²) in [6.45, 7) is 5.61. The molecule has 0 heterocycles. The molecule has 2 atom stereocenters. The third kappa shape index (κ3) is 5.78. The second kappa shape index (κ2) is 10.0. The molecule has 1 aromatic rings. The van der Waals surface area contributed by atoms with Crippen LogP contribution in [0.4, 0.5) is 0 Å². The van der Waals surface area contributed by atoms with Crippen molar-refractivity contribution in [3.8, 4) is 18.1 Å². The van der Waals surface area contributed by atoms with Gasteiger partial charge in [0.2, 0.25) is 5.91 Å². The zero-order valence-corrected chi connectivity index (χ0v) is 14.9. The van der Waals surface area contributed by atoms with Gasteiger partial charge in [-0.25, -0.2) is 0 Å². The van der Waals surface area contributed by atoms with E-state index >= 15 is 0 Å². The molecule has 1 aromatic carbocycles. The van der Waals surface area contributed by atoms with Crippen molar-refractivity contribution in [2.24, 2.45) is 11.7 Å². The van der Waals surface area contributed by atoms with E-state index in [4.69, 9.17) is 17.6 Å². The largest absolute Gasteiger partial charge is 0.508 e. The van der Waals surface area contributed by atoms with Crippen molar-refractivity contribution in [3.63, 3.8) is 0 Å². The Morgan fingerprint density at radius 2 is 2.08 bits per heavy atom. The smallest absolute Gasteiger partial charge is 0.220 e. The molecule has 138 valence electrons. The Bertz CT molecular complexity index is 734. The normalized spacial score (nSPS) is 12.5. The van der Waals surface area contributed by atoms with Gasteiger partial charge in [0.15, 0.2) is 5.78 Å². The van der Waals surface area contributed by atoms with Crippen LogP contribution < -0.4 is 11.1 Å². The predicted octanol–water partition coefficient (Wildman–Crippen LogP) is 2.44. The summed E-state index contributed by atoms with van der Waals surface area (Å²) in [5, 5.41) is 20.5. The van der Waals surface area contributed by atoms with Gasteiger partial charge in [-0.05, 0) is 18.1 Å². The average molecular weight is 355 g/mol. The molecule has 6 heteroatoms. The summed E-state index contributed by atoms with van der Waals surface area (Å²) < 4.78 is 0. The molecule has 0 fully saturated rings. The topological polar surface area (TPSA) is 116 Å². The molecule has 26 heavy (non-hydrogen) atoms. The standard InChI is InChI=1S/C20H25N3O3/c1-4-8-14(20(21)22)13(3)18(25)12-16(23-19(26)9-5-2)15-10-6-7-11-17(15)24/h1,6-7,10-11,14,16,24H,3,5,8-9,12H2,2H3,(H3,21,22)(H,23,26). The van der Waals surface area contributed by atoms with E-state index in [0.29, 0.717) is 18.4 Å². The number of phenolic OH excluding ortho intramolecular Hbond substituents is 1. The Balaban J connectivity index is 3.05. The Kier molecular flexibility index (Phi) is 8.10. The average Bonchev–Trinajstić information content (AvgIpc) is 2.58. The van der Waals surface area contributed by atoms with Crippen molar-refractivity contribution in [2.45, 2.75) is 38.6 Å². The summed E-state index contributed by atoms with van der Waals surface area (Å²) in [6, 6.07) is 5.79. The number of para-hydroxylation sites is 1. The molecule has 2 unspecified atom stereocenters. The number of phenols is 1. The van der Waals surface area contributed by atoms with Gasteiger partial charge in [-0.1, -0.05) is 31.7 Å². The number of carbonyl (C=O) groups excluding carboxylic acids is 2. The van der Waals surface area contributed by atoms with Crippen LogP contribution in [0.3, 0.4) is 0 Å².